The quantitative estimate of drug-likeness (QED) is 0.269. The van der Waals surface area contributed by atoms with Crippen LogP contribution in [0.3, 0.4) is 0 Å². The average molecular weight is 299 g/mol. The summed E-state index contributed by atoms with van der Waals surface area (Å²) in [4.78, 5) is 27.3. The Morgan fingerprint density at radius 3 is 1.47 bits per heavy atom. The molecule has 0 N–H and O–H groups in total. The SMILES string of the molecule is C[Si](C)(CCCN=C=O)C[Si](C)(C)CCCN=C=O. The van der Waals surface area contributed by atoms with Crippen LogP contribution >= 0.6 is 0 Å². The van der Waals surface area contributed by atoms with E-state index in [0.29, 0.717) is 13.1 Å². The normalized spacial score (nSPS) is 11.6. The molecule has 0 saturated heterocycles. The standard InChI is InChI=1S/C13H26N2O2Si2/c1-18(2,9-5-7-14-11-16)13-19(3,4)10-6-8-15-12-17/h5-10,13H2,1-4H3. The molecule has 108 valence electrons. The summed E-state index contributed by atoms with van der Waals surface area (Å²) in [6, 6.07) is 2.45. The molecule has 0 heterocycles. The Hall–Kier alpha value is -0.806. The van der Waals surface area contributed by atoms with Crippen molar-refractivity contribution in [2.24, 2.45) is 9.98 Å². The van der Waals surface area contributed by atoms with Crippen molar-refractivity contribution in [3.63, 3.8) is 0 Å². The summed E-state index contributed by atoms with van der Waals surface area (Å²) >= 11 is 0. The molecule has 0 spiro atoms. The molecule has 0 unspecified atom stereocenters. The summed E-state index contributed by atoms with van der Waals surface area (Å²) < 4.78 is 0. The van der Waals surface area contributed by atoms with Crippen molar-refractivity contribution in [3.05, 3.63) is 0 Å². The lowest BCUT2D eigenvalue weighted by atomic mass is 10.5. The second kappa shape index (κ2) is 9.15. The van der Waals surface area contributed by atoms with E-state index < -0.39 is 16.1 Å². The van der Waals surface area contributed by atoms with Gasteiger partial charge in [0.15, 0.2) is 0 Å². The number of aliphatic imine (C=N–C) groups is 2. The lowest BCUT2D eigenvalue weighted by Gasteiger charge is -2.32. The molecule has 0 aromatic carbocycles. The minimum absolute atomic E-state index is 0.621. The maximum absolute atomic E-state index is 10.0. The van der Waals surface area contributed by atoms with E-state index >= 15 is 0 Å². The van der Waals surface area contributed by atoms with Gasteiger partial charge >= 0.3 is 0 Å². The van der Waals surface area contributed by atoms with Crippen LogP contribution in [-0.2, 0) is 9.59 Å². The number of isocyanates is 2. The predicted octanol–water partition coefficient (Wildman–Crippen LogP) is 3.39. The van der Waals surface area contributed by atoms with Gasteiger partial charge in [-0.3, -0.25) is 0 Å². The van der Waals surface area contributed by atoms with Crippen molar-refractivity contribution >= 4 is 28.3 Å². The first-order chi connectivity index (χ1) is 8.83. The fraction of sp³-hybridized carbons (Fsp3) is 0.846. The van der Waals surface area contributed by atoms with Crippen LogP contribution in [0.1, 0.15) is 12.8 Å². The smallest absolute Gasteiger partial charge is 0.211 e. The molecule has 0 bridgehead atoms. The van der Waals surface area contributed by atoms with Crippen LogP contribution in [0.2, 0.25) is 43.9 Å². The minimum Gasteiger partial charge on any atom is -0.211 e. The van der Waals surface area contributed by atoms with E-state index in [1.807, 2.05) is 0 Å². The van der Waals surface area contributed by atoms with Gasteiger partial charge in [-0.25, -0.2) is 19.6 Å². The van der Waals surface area contributed by atoms with E-state index in [1.54, 1.807) is 12.2 Å². The molecule has 0 aromatic heterocycles. The van der Waals surface area contributed by atoms with E-state index in [2.05, 4.69) is 36.2 Å². The highest BCUT2D eigenvalue weighted by atomic mass is 28.4. The molecule has 0 saturated carbocycles. The van der Waals surface area contributed by atoms with Crippen LogP contribution in [-0.4, -0.2) is 41.4 Å². The first-order valence-corrected chi connectivity index (χ1v) is 13.7. The van der Waals surface area contributed by atoms with Gasteiger partial charge in [0.25, 0.3) is 0 Å². The third-order valence-electron chi connectivity index (χ3n) is 3.33. The van der Waals surface area contributed by atoms with Crippen LogP contribution in [0, 0.1) is 0 Å². The van der Waals surface area contributed by atoms with Gasteiger partial charge in [-0.1, -0.05) is 43.9 Å². The van der Waals surface area contributed by atoms with Gasteiger partial charge in [-0.15, -0.1) is 0 Å². The Bertz CT molecular complexity index is 324. The fourth-order valence-electron chi connectivity index (χ4n) is 2.84. The molecule has 0 radical (unpaired) electrons. The zero-order valence-corrected chi connectivity index (χ0v) is 14.7. The van der Waals surface area contributed by atoms with Crippen LogP contribution in [0.25, 0.3) is 0 Å². The highest BCUT2D eigenvalue weighted by Gasteiger charge is 2.30. The van der Waals surface area contributed by atoms with Crippen LogP contribution in [0.5, 0.6) is 0 Å². The van der Waals surface area contributed by atoms with Gasteiger partial charge in [-0.05, 0) is 12.8 Å². The van der Waals surface area contributed by atoms with Gasteiger partial charge in [-0.2, -0.15) is 0 Å². The highest BCUT2D eigenvalue weighted by Crippen LogP contribution is 2.28. The number of rotatable bonds is 10. The summed E-state index contributed by atoms with van der Waals surface area (Å²) in [5.41, 5.74) is 1.38. The molecule has 6 heteroatoms. The van der Waals surface area contributed by atoms with Crippen LogP contribution in [0.15, 0.2) is 9.98 Å². The molecule has 0 aliphatic heterocycles. The monoisotopic (exact) mass is 298 g/mol. The Labute approximate surface area is 118 Å². The van der Waals surface area contributed by atoms with Crippen LogP contribution in [0.4, 0.5) is 0 Å². The molecule has 0 aromatic rings. The molecule has 0 aliphatic rings. The Kier molecular flexibility index (Phi) is 8.77. The van der Waals surface area contributed by atoms with Gasteiger partial charge in [0.05, 0.1) is 13.1 Å². The molecule has 4 nitrogen and oxygen atoms in total. The van der Waals surface area contributed by atoms with Gasteiger partial charge in [0.1, 0.15) is 0 Å². The van der Waals surface area contributed by atoms with Crippen molar-refractivity contribution in [2.45, 2.75) is 56.8 Å². The fourth-order valence-corrected chi connectivity index (χ4v) is 16.8. The van der Waals surface area contributed by atoms with Crippen molar-refractivity contribution in [1.29, 1.82) is 0 Å². The van der Waals surface area contributed by atoms with E-state index in [-0.39, 0.29) is 0 Å². The maximum atomic E-state index is 10.0. The molecule has 0 aliphatic carbocycles. The molecule has 0 fully saturated rings. The van der Waals surface area contributed by atoms with Crippen molar-refractivity contribution in [3.8, 4) is 0 Å². The second-order valence-corrected chi connectivity index (χ2v) is 17.7. The van der Waals surface area contributed by atoms with E-state index in [1.165, 1.54) is 17.8 Å². The second-order valence-electron chi connectivity index (χ2n) is 6.66. The summed E-state index contributed by atoms with van der Waals surface area (Å²) in [6.07, 6.45) is 5.22. The first kappa shape index (κ1) is 18.2. The summed E-state index contributed by atoms with van der Waals surface area (Å²) in [5.74, 6) is 0. The number of carbonyl (C=O) groups excluding carboxylic acids is 2. The number of nitrogens with zero attached hydrogens (tertiary/aromatic N) is 2. The van der Waals surface area contributed by atoms with Gasteiger partial charge in [0.2, 0.25) is 12.2 Å². The Morgan fingerprint density at radius 1 is 0.789 bits per heavy atom. The van der Waals surface area contributed by atoms with E-state index in [0.717, 1.165) is 12.8 Å². The summed E-state index contributed by atoms with van der Waals surface area (Å²) in [7, 11) is -2.39. The van der Waals surface area contributed by atoms with Crippen LogP contribution < -0.4 is 0 Å². The molecule has 0 atom stereocenters. The Balaban J connectivity index is 4.12. The molecule has 0 amide bonds. The third kappa shape index (κ3) is 10.8. The molecule has 19 heavy (non-hydrogen) atoms. The molecular weight excluding hydrogens is 272 g/mol. The lowest BCUT2D eigenvalue weighted by Crippen LogP contribution is -2.39. The first-order valence-electron chi connectivity index (χ1n) is 6.90. The summed E-state index contributed by atoms with van der Waals surface area (Å²) in [6.45, 7) is 10.9. The highest BCUT2D eigenvalue weighted by molar-refractivity contribution is 6.95. The largest absolute Gasteiger partial charge is 0.234 e. The van der Waals surface area contributed by atoms with Gasteiger partial charge < -0.3 is 0 Å². The number of hydrogen-bond acceptors (Lipinski definition) is 4. The van der Waals surface area contributed by atoms with E-state index in [4.69, 9.17) is 0 Å². The zero-order valence-electron chi connectivity index (χ0n) is 12.7. The maximum Gasteiger partial charge on any atom is 0.234 e. The summed E-state index contributed by atoms with van der Waals surface area (Å²) in [5, 5.41) is 0. The lowest BCUT2D eigenvalue weighted by molar-refractivity contribution is 0.562. The van der Waals surface area contributed by atoms with Gasteiger partial charge in [0, 0.05) is 16.1 Å². The topological polar surface area (TPSA) is 58.9 Å². The van der Waals surface area contributed by atoms with Crippen molar-refractivity contribution in [1.82, 2.24) is 0 Å². The molecular formula is C13H26N2O2Si2. The zero-order chi connectivity index (χ0) is 14.8. The third-order valence-corrected chi connectivity index (χ3v) is 14.4. The minimum atomic E-state index is -1.19. The molecule has 0 rings (SSSR count). The van der Waals surface area contributed by atoms with Crippen molar-refractivity contribution < 1.29 is 9.59 Å². The average Bonchev–Trinajstić information content (AvgIpc) is 2.29. The predicted molar refractivity (Wildman–Crippen MR) is 84.6 cm³/mol. The van der Waals surface area contributed by atoms with E-state index in [9.17, 15) is 9.59 Å². The number of hydrogen-bond donors (Lipinski definition) is 0. The Morgan fingerprint density at radius 2 is 1.16 bits per heavy atom. The van der Waals surface area contributed by atoms with Crippen molar-refractivity contribution in [2.75, 3.05) is 13.1 Å².